The molecule has 0 saturated carbocycles. The van der Waals surface area contributed by atoms with Crippen LogP contribution in [0, 0.1) is 5.82 Å². The fourth-order valence-corrected chi connectivity index (χ4v) is 4.12. The minimum Gasteiger partial charge on any atom is -0.341 e. The van der Waals surface area contributed by atoms with Crippen LogP contribution in [0.1, 0.15) is 16.1 Å². The topological polar surface area (TPSA) is 67.2 Å². The molecule has 1 aliphatic heterocycles. The first kappa shape index (κ1) is 20.2. The van der Waals surface area contributed by atoms with Crippen LogP contribution >= 0.6 is 11.8 Å². The summed E-state index contributed by atoms with van der Waals surface area (Å²) in [5.41, 5.74) is 1.96. The number of carbonyl (C=O) groups is 2. The minimum atomic E-state index is -0.416. The van der Waals surface area contributed by atoms with Crippen LogP contribution < -0.4 is 5.32 Å². The van der Waals surface area contributed by atoms with Crippen LogP contribution in [0.4, 0.5) is 10.1 Å². The Bertz CT molecular complexity index is 1050. The van der Waals surface area contributed by atoms with E-state index in [2.05, 4.69) is 10.4 Å². The maximum atomic E-state index is 13.9. The molecule has 4 rings (SSSR count). The van der Waals surface area contributed by atoms with Gasteiger partial charge in [0.1, 0.15) is 11.5 Å². The molecule has 0 atom stereocenters. The summed E-state index contributed by atoms with van der Waals surface area (Å²) in [5.74, 6) is 1.30. The maximum absolute atomic E-state index is 13.9. The molecule has 2 aromatic carbocycles. The van der Waals surface area contributed by atoms with E-state index in [0.717, 1.165) is 30.2 Å². The second-order valence-corrected chi connectivity index (χ2v) is 8.14. The third-order valence-corrected chi connectivity index (χ3v) is 5.79. The van der Waals surface area contributed by atoms with Crippen molar-refractivity contribution in [3.8, 4) is 5.69 Å². The molecule has 0 unspecified atom stereocenters. The zero-order valence-electron chi connectivity index (χ0n) is 16.3. The number of nitrogens with zero attached hydrogens (tertiary/aromatic N) is 3. The molecule has 1 aromatic heterocycles. The number of aromatic nitrogens is 2. The lowest BCUT2D eigenvalue weighted by atomic mass is 10.1. The lowest BCUT2D eigenvalue weighted by Crippen LogP contribution is -2.38. The van der Waals surface area contributed by atoms with E-state index >= 15 is 0 Å². The third kappa shape index (κ3) is 4.71. The number of amides is 2. The van der Waals surface area contributed by atoms with Crippen LogP contribution in [0.5, 0.6) is 0 Å². The van der Waals surface area contributed by atoms with Gasteiger partial charge >= 0.3 is 0 Å². The maximum Gasteiger partial charge on any atom is 0.276 e. The van der Waals surface area contributed by atoms with Crippen LogP contribution in [0.3, 0.4) is 0 Å². The van der Waals surface area contributed by atoms with Gasteiger partial charge in [0.2, 0.25) is 5.91 Å². The van der Waals surface area contributed by atoms with E-state index in [9.17, 15) is 14.0 Å². The molecule has 0 bridgehead atoms. The standard InChI is InChI=1S/C22H21FN4O2S/c23-18-3-1-2-4-20(18)27-10-9-19(25-27)22(29)24-17-7-5-16(6-8-17)15-21(28)26-11-13-30-14-12-26/h1-10H,11-15H2,(H,24,29). The van der Waals surface area contributed by atoms with Gasteiger partial charge in [-0.15, -0.1) is 0 Å². The number of benzene rings is 2. The first-order valence-electron chi connectivity index (χ1n) is 9.66. The molecule has 1 N–H and O–H groups in total. The van der Waals surface area contributed by atoms with Gasteiger partial charge in [-0.3, -0.25) is 9.59 Å². The van der Waals surface area contributed by atoms with Crippen molar-refractivity contribution in [2.75, 3.05) is 29.9 Å². The number of anilines is 1. The molecule has 0 aliphatic carbocycles. The van der Waals surface area contributed by atoms with Gasteiger partial charge in [-0.1, -0.05) is 24.3 Å². The van der Waals surface area contributed by atoms with E-state index in [1.54, 1.807) is 36.5 Å². The number of para-hydroxylation sites is 1. The number of rotatable bonds is 5. The van der Waals surface area contributed by atoms with Gasteiger partial charge in [0.05, 0.1) is 6.42 Å². The van der Waals surface area contributed by atoms with Gasteiger partial charge in [0.15, 0.2) is 5.69 Å². The fourth-order valence-electron chi connectivity index (χ4n) is 3.22. The zero-order valence-corrected chi connectivity index (χ0v) is 17.1. The quantitative estimate of drug-likeness (QED) is 0.682. The Morgan fingerprint density at radius 2 is 1.77 bits per heavy atom. The predicted molar refractivity (Wildman–Crippen MR) is 116 cm³/mol. The number of halogens is 1. The molecular formula is C22H21FN4O2S. The molecule has 154 valence electrons. The first-order valence-corrected chi connectivity index (χ1v) is 10.8. The Balaban J connectivity index is 1.37. The van der Waals surface area contributed by atoms with Gasteiger partial charge in [-0.25, -0.2) is 9.07 Å². The molecular weight excluding hydrogens is 403 g/mol. The van der Waals surface area contributed by atoms with E-state index in [-0.39, 0.29) is 23.2 Å². The summed E-state index contributed by atoms with van der Waals surface area (Å²) in [6, 6.07) is 15.0. The van der Waals surface area contributed by atoms with Crippen molar-refractivity contribution in [1.82, 2.24) is 14.7 Å². The van der Waals surface area contributed by atoms with E-state index in [1.165, 1.54) is 16.8 Å². The fraction of sp³-hybridized carbons (Fsp3) is 0.227. The normalized spacial score (nSPS) is 13.8. The monoisotopic (exact) mass is 424 g/mol. The molecule has 30 heavy (non-hydrogen) atoms. The number of hydrogen-bond donors (Lipinski definition) is 1. The van der Waals surface area contributed by atoms with E-state index in [1.807, 2.05) is 28.8 Å². The number of nitrogens with one attached hydrogen (secondary N) is 1. The van der Waals surface area contributed by atoms with Crippen LogP contribution in [0.25, 0.3) is 5.69 Å². The van der Waals surface area contributed by atoms with Crippen molar-refractivity contribution >= 4 is 29.3 Å². The first-order chi connectivity index (χ1) is 14.6. The van der Waals surface area contributed by atoms with Gasteiger partial charge in [-0.05, 0) is 35.9 Å². The Kier molecular flexibility index (Phi) is 6.13. The Hall–Kier alpha value is -3.13. The minimum absolute atomic E-state index is 0.130. The highest BCUT2D eigenvalue weighted by Crippen LogP contribution is 2.16. The molecule has 3 aromatic rings. The van der Waals surface area contributed by atoms with E-state index in [0.29, 0.717) is 12.1 Å². The smallest absolute Gasteiger partial charge is 0.276 e. The second-order valence-electron chi connectivity index (χ2n) is 6.92. The summed E-state index contributed by atoms with van der Waals surface area (Å²) in [4.78, 5) is 26.7. The number of carbonyl (C=O) groups excluding carboxylic acids is 2. The summed E-state index contributed by atoms with van der Waals surface area (Å²) >= 11 is 1.87. The van der Waals surface area contributed by atoms with Crippen molar-refractivity contribution in [3.63, 3.8) is 0 Å². The van der Waals surface area contributed by atoms with Gasteiger partial charge in [0.25, 0.3) is 5.91 Å². The Morgan fingerprint density at radius 1 is 1.03 bits per heavy atom. The molecule has 1 aliphatic rings. The number of thioether (sulfide) groups is 1. The van der Waals surface area contributed by atoms with Gasteiger partial charge in [0, 0.05) is 36.5 Å². The van der Waals surface area contributed by atoms with Gasteiger partial charge in [-0.2, -0.15) is 16.9 Å². The van der Waals surface area contributed by atoms with E-state index < -0.39 is 5.82 Å². The highest BCUT2D eigenvalue weighted by Gasteiger charge is 2.17. The number of hydrogen-bond acceptors (Lipinski definition) is 4. The molecule has 2 heterocycles. The van der Waals surface area contributed by atoms with Gasteiger partial charge < -0.3 is 10.2 Å². The van der Waals surface area contributed by atoms with Crippen LogP contribution in [0.2, 0.25) is 0 Å². The highest BCUT2D eigenvalue weighted by molar-refractivity contribution is 7.99. The third-order valence-electron chi connectivity index (χ3n) is 4.85. The van der Waals surface area contributed by atoms with Crippen molar-refractivity contribution in [2.45, 2.75) is 6.42 Å². The molecule has 0 radical (unpaired) electrons. The molecule has 1 fully saturated rings. The van der Waals surface area contributed by atoms with Crippen LogP contribution in [-0.4, -0.2) is 51.1 Å². The zero-order chi connectivity index (χ0) is 20.9. The second kappa shape index (κ2) is 9.13. The van der Waals surface area contributed by atoms with Crippen molar-refractivity contribution in [2.24, 2.45) is 0 Å². The highest BCUT2D eigenvalue weighted by atomic mass is 32.2. The average Bonchev–Trinajstić information content (AvgIpc) is 3.26. The van der Waals surface area contributed by atoms with Crippen molar-refractivity contribution in [1.29, 1.82) is 0 Å². The molecule has 6 nitrogen and oxygen atoms in total. The molecule has 0 spiro atoms. The SMILES string of the molecule is O=C(Nc1ccc(CC(=O)N2CCSCC2)cc1)c1ccn(-c2ccccc2F)n1. The summed E-state index contributed by atoms with van der Waals surface area (Å²) in [6.07, 6.45) is 1.90. The average molecular weight is 425 g/mol. The summed E-state index contributed by atoms with van der Waals surface area (Å²) in [6.45, 7) is 1.61. The molecule has 1 saturated heterocycles. The summed E-state index contributed by atoms with van der Waals surface area (Å²) in [7, 11) is 0. The lowest BCUT2D eigenvalue weighted by molar-refractivity contribution is -0.130. The summed E-state index contributed by atoms with van der Waals surface area (Å²) < 4.78 is 15.2. The Labute approximate surface area is 178 Å². The summed E-state index contributed by atoms with van der Waals surface area (Å²) in [5, 5.41) is 6.93. The van der Waals surface area contributed by atoms with Crippen LogP contribution in [0.15, 0.2) is 60.8 Å². The van der Waals surface area contributed by atoms with Crippen LogP contribution in [-0.2, 0) is 11.2 Å². The predicted octanol–water partition coefficient (Wildman–Crippen LogP) is 3.38. The van der Waals surface area contributed by atoms with E-state index in [4.69, 9.17) is 0 Å². The van der Waals surface area contributed by atoms with Crippen molar-refractivity contribution < 1.29 is 14.0 Å². The molecule has 8 heteroatoms. The molecule has 2 amide bonds. The lowest BCUT2D eigenvalue weighted by Gasteiger charge is -2.26. The largest absolute Gasteiger partial charge is 0.341 e. The van der Waals surface area contributed by atoms with Crippen molar-refractivity contribution in [3.05, 3.63) is 77.9 Å². The Morgan fingerprint density at radius 3 is 2.50 bits per heavy atom.